The monoisotopic (exact) mass is 400 g/mol. The van der Waals surface area contributed by atoms with Gasteiger partial charge in [-0.15, -0.1) is 0 Å². The molecule has 0 bridgehead atoms. The molecule has 0 heterocycles. The predicted octanol–water partition coefficient (Wildman–Crippen LogP) is 5.72. The lowest BCUT2D eigenvalue weighted by Gasteiger charge is -2.19. The molecule has 3 rings (SSSR count). The van der Waals surface area contributed by atoms with E-state index in [1.54, 1.807) is 24.3 Å². The van der Waals surface area contributed by atoms with E-state index < -0.39 is 0 Å². The number of nitrogens with zero attached hydrogens (tertiary/aromatic N) is 1. The highest BCUT2D eigenvalue weighted by Crippen LogP contribution is 2.22. The molecule has 0 aliphatic rings. The van der Waals surface area contributed by atoms with Crippen molar-refractivity contribution in [2.45, 2.75) is 39.7 Å². The summed E-state index contributed by atoms with van der Waals surface area (Å²) in [6.45, 7) is 8.92. The number of amides is 1. The smallest absolute Gasteiger partial charge is 0.271 e. The van der Waals surface area contributed by atoms with Gasteiger partial charge in [0.05, 0.1) is 5.71 Å². The minimum atomic E-state index is -0.254. The topological polar surface area (TPSA) is 50.7 Å². The van der Waals surface area contributed by atoms with E-state index in [9.17, 15) is 4.79 Å². The summed E-state index contributed by atoms with van der Waals surface area (Å²) in [5.41, 5.74) is 7.36. The summed E-state index contributed by atoms with van der Waals surface area (Å²) in [5, 5.41) is 4.25. The zero-order chi connectivity index (χ0) is 21.6. The molecule has 3 aromatic carbocycles. The number of rotatable bonds is 6. The average molecular weight is 401 g/mol. The van der Waals surface area contributed by atoms with Crippen molar-refractivity contribution in [3.8, 4) is 5.75 Å². The van der Waals surface area contributed by atoms with Crippen molar-refractivity contribution in [1.82, 2.24) is 5.43 Å². The molecular weight excluding hydrogens is 372 g/mol. The molecule has 0 spiro atoms. The molecule has 3 aromatic rings. The Labute approximate surface area is 178 Å². The van der Waals surface area contributed by atoms with Crippen molar-refractivity contribution < 1.29 is 9.53 Å². The highest BCUT2D eigenvalue weighted by atomic mass is 16.5. The Kier molecular flexibility index (Phi) is 6.68. The van der Waals surface area contributed by atoms with Crippen LogP contribution in [-0.2, 0) is 12.0 Å². The van der Waals surface area contributed by atoms with Crippen LogP contribution in [0.2, 0.25) is 0 Å². The van der Waals surface area contributed by atoms with Gasteiger partial charge >= 0.3 is 0 Å². The lowest BCUT2D eigenvalue weighted by Crippen LogP contribution is -2.19. The third-order valence-corrected chi connectivity index (χ3v) is 4.86. The molecule has 1 N–H and O–H groups in total. The predicted molar refractivity (Wildman–Crippen MR) is 122 cm³/mol. The quantitative estimate of drug-likeness (QED) is 0.425. The summed E-state index contributed by atoms with van der Waals surface area (Å²) in [7, 11) is 0. The number of benzene rings is 3. The summed E-state index contributed by atoms with van der Waals surface area (Å²) in [5.74, 6) is 0.462. The van der Waals surface area contributed by atoms with E-state index in [-0.39, 0.29) is 11.3 Å². The van der Waals surface area contributed by atoms with E-state index in [1.807, 2.05) is 49.4 Å². The second-order valence-electron chi connectivity index (χ2n) is 8.26. The van der Waals surface area contributed by atoms with Gasteiger partial charge in [-0.3, -0.25) is 4.79 Å². The van der Waals surface area contributed by atoms with Crippen LogP contribution in [0.4, 0.5) is 0 Å². The summed E-state index contributed by atoms with van der Waals surface area (Å²) < 4.78 is 5.76. The molecule has 0 saturated heterocycles. The minimum Gasteiger partial charge on any atom is -0.489 e. The van der Waals surface area contributed by atoms with E-state index in [0.717, 1.165) is 16.8 Å². The number of hydrogen-bond acceptors (Lipinski definition) is 3. The molecule has 0 aromatic heterocycles. The summed E-state index contributed by atoms with van der Waals surface area (Å²) in [4.78, 5) is 12.4. The molecular formula is C26H28N2O2. The van der Waals surface area contributed by atoms with E-state index in [4.69, 9.17) is 4.74 Å². The highest BCUT2D eigenvalue weighted by Gasteiger charge is 2.13. The van der Waals surface area contributed by atoms with E-state index in [1.165, 1.54) is 5.56 Å². The zero-order valence-electron chi connectivity index (χ0n) is 18.0. The highest BCUT2D eigenvalue weighted by molar-refractivity contribution is 6.00. The van der Waals surface area contributed by atoms with Crippen LogP contribution >= 0.6 is 0 Å². The van der Waals surface area contributed by atoms with Gasteiger partial charge in [-0.25, -0.2) is 5.43 Å². The Hall–Kier alpha value is -3.40. The van der Waals surface area contributed by atoms with Gasteiger partial charge in [0.2, 0.25) is 0 Å². The van der Waals surface area contributed by atoms with Crippen LogP contribution in [0.5, 0.6) is 5.75 Å². The SMILES string of the molecule is C/C(=N/NC(=O)c1ccc(OCc2ccccc2)cc1)c1ccc(C(C)(C)C)cc1. The maximum atomic E-state index is 12.4. The molecule has 0 fully saturated rings. The Bertz CT molecular complexity index is 1000. The second-order valence-corrected chi connectivity index (χ2v) is 8.26. The Morgan fingerprint density at radius 3 is 2.07 bits per heavy atom. The van der Waals surface area contributed by atoms with Crippen LogP contribution in [0, 0.1) is 0 Å². The fourth-order valence-corrected chi connectivity index (χ4v) is 2.92. The fraction of sp³-hybridized carbons (Fsp3) is 0.231. The minimum absolute atomic E-state index is 0.106. The summed E-state index contributed by atoms with van der Waals surface area (Å²) in [6, 6.07) is 25.3. The largest absolute Gasteiger partial charge is 0.489 e. The van der Waals surface area contributed by atoms with Crippen LogP contribution in [-0.4, -0.2) is 11.6 Å². The van der Waals surface area contributed by atoms with Crippen LogP contribution < -0.4 is 10.2 Å². The number of hydrogen-bond donors (Lipinski definition) is 1. The van der Waals surface area contributed by atoms with Crippen molar-refractivity contribution in [2.75, 3.05) is 0 Å². The first-order valence-corrected chi connectivity index (χ1v) is 10.1. The number of carbonyl (C=O) groups is 1. The molecule has 4 heteroatoms. The Balaban J connectivity index is 1.57. The van der Waals surface area contributed by atoms with Crippen LogP contribution in [0.25, 0.3) is 0 Å². The van der Waals surface area contributed by atoms with E-state index in [2.05, 4.69) is 43.4 Å². The standard InChI is InChI=1S/C26H28N2O2/c1-19(21-10-14-23(15-11-21)26(2,3)4)27-28-25(29)22-12-16-24(17-13-22)30-18-20-8-6-5-7-9-20/h5-17H,18H2,1-4H3,(H,28,29)/b27-19-. The van der Waals surface area contributed by atoms with Crippen LogP contribution in [0.15, 0.2) is 84.0 Å². The fourth-order valence-electron chi connectivity index (χ4n) is 2.92. The molecule has 4 nitrogen and oxygen atoms in total. The van der Waals surface area contributed by atoms with E-state index in [0.29, 0.717) is 17.9 Å². The molecule has 0 unspecified atom stereocenters. The van der Waals surface area contributed by atoms with Gasteiger partial charge in [0, 0.05) is 5.56 Å². The van der Waals surface area contributed by atoms with Crippen LogP contribution in [0.1, 0.15) is 54.7 Å². The van der Waals surface area contributed by atoms with Gasteiger partial charge in [-0.2, -0.15) is 5.10 Å². The maximum Gasteiger partial charge on any atom is 0.271 e. The molecule has 0 aliphatic heterocycles. The number of ether oxygens (including phenoxy) is 1. The molecule has 1 amide bonds. The van der Waals surface area contributed by atoms with E-state index >= 15 is 0 Å². The normalized spacial score (nSPS) is 11.8. The molecule has 154 valence electrons. The molecule has 0 saturated carbocycles. The van der Waals surface area contributed by atoms with Crippen molar-refractivity contribution >= 4 is 11.6 Å². The molecule has 0 radical (unpaired) electrons. The average Bonchev–Trinajstić information content (AvgIpc) is 2.76. The second kappa shape index (κ2) is 9.40. The van der Waals surface area contributed by atoms with Crippen molar-refractivity contribution in [2.24, 2.45) is 5.10 Å². The van der Waals surface area contributed by atoms with Gasteiger partial charge in [-0.1, -0.05) is 75.4 Å². The summed E-state index contributed by atoms with van der Waals surface area (Å²) in [6.07, 6.45) is 0. The van der Waals surface area contributed by atoms with Crippen molar-refractivity contribution in [3.05, 3.63) is 101 Å². The molecule has 0 aliphatic carbocycles. The first-order chi connectivity index (χ1) is 14.3. The van der Waals surface area contributed by atoms with Crippen molar-refractivity contribution in [1.29, 1.82) is 0 Å². The first-order valence-electron chi connectivity index (χ1n) is 10.1. The Morgan fingerprint density at radius 2 is 1.47 bits per heavy atom. The third kappa shape index (κ3) is 5.80. The van der Waals surface area contributed by atoms with Crippen molar-refractivity contribution in [3.63, 3.8) is 0 Å². The first kappa shape index (κ1) is 21.3. The molecule has 0 atom stereocenters. The Morgan fingerprint density at radius 1 is 0.867 bits per heavy atom. The third-order valence-electron chi connectivity index (χ3n) is 4.86. The number of nitrogens with one attached hydrogen (secondary N) is 1. The van der Waals surface area contributed by atoms with Gasteiger partial charge in [0.15, 0.2) is 0 Å². The lowest BCUT2D eigenvalue weighted by atomic mass is 9.86. The number of carbonyl (C=O) groups excluding carboxylic acids is 1. The van der Waals surface area contributed by atoms with Gasteiger partial charge in [0.25, 0.3) is 5.91 Å². The van der Waals surface area contributed by atoms with Gasteiger partial charge in [0.1, 0.15) is 12.4 Å². The van der Waals surface area contributed by atoms with Gasteiger partial charge in [-0.05, 0) is 53.3 Å². The van der Waals surface area contributed by atoms with Crippen LogP contribution in [0.3, 0.4) is 0 Å². The maximum absolute atomic E-state index is 12.4. The summed E-state index contributed by atoms with van der Waals surface area (Å²) >= 11 is 0. The number of hydrazone groups is 1. The van der Waals surface area contributed by atoms with Gasteiger partial charge < -0.3 is 4.74 Å². The molecule has 30 heavy (non-hydrogen) atoms. The zero-order valence-corrected chi connectivity index (χ0v) is 18.0. The lowest BCUT2D eigenvalue weighted by molar-refractivity contribution is 0.0955.